The number of carbonyl (C=O) groups is 1. The fourth-order valence-electron chi connectivity index (χ4n) is 1.79. The first-order valence-electron chi connectivity index (χ1n) is 6.05. The number of nitrogens with zero attached hydrogens (tertiary/aromatic N) is 5. The Morgan fingerprint density at radius 2 is 2.20 bits per heavy atom. The second-order valence-corrected chi connectivity index (χ2v) is 5.81. The van der Waals surface area contributed by atoms with E-state index in [-0.39, 0.29) is 5.91 Å². The van der Waals surface area contributed by atoms with Gasteiger partial charge in [-0.1, -0.05) is 11.6 Å². The number of halogens is 2. The lowest BCUT2D eigenvalue weighted by Crippen LogP contribution is -2.28. The number of hydrogen-bond acceptors (Lipinski definition) is 3. The first-order valence-corrected chi connectivity index (χ1v) is 7.22. The maximum absolute atomic E-state index is 12.1. The van der Waals surface area contributed by atoms with Crippen molar-refractivity contribution < 1.29 is 4.79 Å². The van der Waals surface area contributed by atoms with Crippen LogP contribution >= 0.6 is 27.5 Å². The van der Waals surface area contributed by atoms with Crippen molar-refractivity contribution in [3.05, 3.63) is 33.8 Å². The predicted octanol–water partition coefficient (Wildman–Crippen LogP) is 2.08. The lowest BCUT2D eigenvalue weighted by atomic mass is 10.3. The second-order valence-electron chi connectivity index (χ2n) is 4.48. The lowest BCUT2D eigenvalue weighted by Gasteiger charge is -2.17. The molecule has 1 amide bonds. The van der Waals surface area contributed by atoms with E-state index in [1.807, 2.05) is 6.20 Å². The predicted molar refractivity (Wildman–Crippen MR) is 79.2 cm³/mol. The first kappa shape index (κ1) is 15.1. The fourth-order valence-corrected chi connectivity index (χ4v) is 2.34. The lowest BCUT2D eigenvalue weighted by molar-refractivity contribution is -0.130. The highest BCUT2D eigenvalue weighted by atomic mass is 79.9. The number of hydrogen-bond donors (Lipinski definition) is 0. The van der Waals surface area contributed by atoms with Crippen molar-refractivity contribution in [2.24, 2.45) is 7.05 Å². The van der Waals surface area contributed by atoms with Crippen LogP contribution in [0.1, 0.15) is 12.1 Å². The van der Waals surface area contributed by atoms with E-state index in [9.17, 15) is 4.79 Å². The van der Waals surface area contributed by atoms with Crippen LogP contribution in [0.5, 0.6) is 0 Å². The summed E-state index contributed by atoms with van der Waals surface area (Å²) in [6.45, 7) is 0.991. The monoisotopic (exact) mass is 359 g/mol. The Kier molecular flexibility index (Phi) is 4.82. The molecule has 2 rings (SSSR count). The zero-order valence-electron chi connectivity index (χ0n) is 11.3. The van der Waals surface area contributed by atoms with Crippen LogP contribution in [0.25, 0.3) is 0 Å². The third-order valence-corrected chi connectivity index (χ3v) is 3.71. The molecule has 0 aliphatic rings. The van der Waals surface area contributed by atoms with Crippen LogP contribution in [-0.2, 0) is 24.9 Å². The third-order valence-electron chi connectivity index (χ3n) is 2.98. The molecule has 0 radical (unpaired) electrons. The Balaban J connectivity index is 1.89. The molecular weight excluding hydrogens is 346 g/mol. The summed E-state index contributed by atoms with van der Waals surface area (Å²) < 4.78 is 4.31. The summed E-state index contributed by atoms with van der Waals surface area (Å²) >= 11 is 9.35. The summed E-state index contributed by atoms with van der Waals surface area (Å²) in [5, 5.41) is 8.74. The van der Waals surface area contributed by atoms with Gasteiger partial charge in [0.05, 0.1) is 34.1 Å². The minimum atomic E-state index is 0.0360. The first-order chi connectivity index (χ1) is 9.47. The average molecular weight is 361 g/mol. The molecule has 2 aromatic rings. The van der Waals surface area contributed by atoms with Crippen LogP contribution in [-0.4, -0.2) is 37.4 Å². The Hall–Kier alpha value is -1.34. The maximum atomic E-state index is 12.1. The van der Waals surface area contributed by atoms with Gasteiger partial charge in [0.2, 0.25) is 5.91 Å². The topological polar surface area (TPSA) is 56.0 Å². The van der Waals surface area contributed by atoms with Crippen molar-refractivity contribution >= 4 is 33.4 Å². The van der Waals surface area contributed by atoms with E-state index in [2.05, 4.69) is 26.1 Å². The summed E-state index contributed by atoms with van der Waals surface area (Å²) in [4.78, 5) is 13.7. The molecule has 0 fully saturated rings. The summed E-state index contributed by atoms with van der Waals surface area (Å²) in [6, 6.07) is 0. The van der Waals surface area contributed by atoms with Crippen molar-refractivity contribution in [3.63, 3.8) is 0 Å². The minimum Gasteiger partial charge on any atom is -0.340 e. The summed E-state index contributed by atoms with van der Waals surface area (Å²) in [6.07, 6.45) is 5.51. The third kappa shape index (κ3) is 3.61. The Labute approximate surface area is 130 Å². The maximum Gasteiger partial charge on any atom is 0.224 e. The molecule has 0 atom stereocenters. The van der Waals surface area contributed by atoms with Gasteiger partial charge >= 0.3 is 0 Å². The number of amides is 1. The zero-order chi connectivity index (χ0) is 14.7. The van der Waals surface area contributed by atoms with E-state index in [0.29, 0.717) is 24.5 Å². The Morgan fingerprint density at radius 3 is 2.75 bits per heavy atom. The molecule has 0 unspecified atom stereocenters. The molecule has 0 saturated heterocycles. The van der Waals surface area contributed by atoms with Gasteiger partial charge < -0.3 is 4.90 Å². The number of rotatable bonds is 5. The van der Waals surface area contributed by atoms with Crippen molar-refractivity contribution in [3.8, 4) is 0 Å². The molecule has 0 bridgehead atoms. The summed E-state index contributed by atoms with van der Waals surface area (Å²) in [5.41, 5.74) is 0.823. The van der Waals surface area contributed by atoms with Crippen LogP contribution in [0, 0.1) is 0 Å². The quantitative estimate of drug-likeness (QED) is 0.820. The van der Waals surface area contributed by atoms with Gasteiger partial charge in [-0.15, -0.1) is 0 Å². The van der Waals surface area contributed by atoms with Gasteiger partial charge in [0.15, 0.2) is 0 Å². The van der Waals surface area contributed by atoms with Crippen molar-refractivity contribution in [2.45, 2.75) is 19.5 Å². The van der Waals surface area contributed by atoms with Gasteiger partial charge in [-0.2, -0.15) is 10.2 Å². The molecule has 6 nitrogen and oxygen atoms in total. The highest BCUT2D eigenvalue weighted by Gasteiger charge is 2.14. The van der Waals surface area contributed by atoms with E-state index >= 15 is 0 Å². The normalized spacial score (nSPS) is 10.8. The largest absolute Gasteiger partial charge is 0.340 e. The smallest absolute Gasteiger partial charge is 0.224 e. The van der Waals surface area contributed by atoms with Gasteiger partial charge in [0, 0.05) is 33.3 Å². The average Bonchev–Trinajstić information content (AvgIpc) is 2.96. The molecule has 0 saturated carbocycles. The van der Waals surface area contributed by atoms with Gasteiger partial charge in [-0.25, -0.2) is 0 Å². The molecule has 2 aromatic heterocycles. The number of aromatic nitrogens is 4. The minimum absolute atomic E-state index is 0.0360. The Morgan fingerprint density at radius 1 is 1.45 bits per heavy atom. The van der Waals surface area contributed by atoms with E-state index in [0.717, 1.165) is 10.2 Å². The number of carbonyl (C=O) groups excluding carboxylic acids is 1. The van der Waals surface area contributed by atoms with Crippen LogP contribution in [0.15, 0.2) is 23.1 Å². The van der Waals surface area contributed by atoms with Gasteiger partial charge in [-0.05, 0) is 15.9 Å². The Bertz CT molecular complexity index is 589. The molecule has 108 valence electrons. The van der Waals surface area contributed by atoms with E-state index < -0.39 is 0 Å². The number of aryl methyl sites for hydroxylation is 2. The van der Waals surface area contributed by atoms with E-state index in [1.54, 1.807) is 40.8 Å². The molecule has 20 heavy (non-hydrogen) atoms. The highest BCUT2D eigenvalue weighted by molar-refractivity contribution is 9.10. The van der Waals surface area contributed by atoms with Gasteiger partial charge in [0.1, 0.15) is 0 Å². The molecule has 0 aromatic carbocycles. The highest BCUT2D eigenvalue weighted by Crippen LogP contribution is 2.16. The summed E-state index contributed by atoms with van der Waals surface area (Å²) in [7, 11) is 3.56. The molecular formula is C12H15BrClN5O. The molecule has 0 N–H and O–H groups in total. The van der Waals surface area contributed by atoms with Crippen molar-refractivity contribution in [1.82, 2.24) is 24.5 Å². The molecule has 0 aliphatic carbocycles. The van der Waals surface area contributed by atoms with Crippen LogP contribution < -0.4 is 0 Å². The van der Waals surface area contributed by atoms with Crippen molar-refractivity contribution in [1.29, 1.82) is 0 Å². The molecule has 8 heteroatoms. The standard InChI is InChI=1S/C12H15BrClN5O/c1-17(8-11-10(14)6-15-18(11)2)12(20)3-4-19-7-9(13)5-16-19/h5-7H,3-4,8H2,1-2H3. The van der Waals surface area contributed by atoms with Crippen LogP contribution in [0.4, 0.5) is 0 Å². The molecule has 0 spiro atoms. The van der Waals surface area contributed by atoms with Gasteiger partial charge in [0.25, 0.3) is 0 Å². The van der Waals surface area contributed by atoms with Crippen LogP contribution in [0.3, 0.4) is 0 Å². The zero-order valence-corrected chi connectivity index (χ0v) is 13.6. The SMILES string of the molecule is CN(Cc1c(Cl)cnn1C)C(=O)CCn1cc(Br)cn1. The van der Waals surface area contributed by atoms with Crippen LogP contribution in [0.2, 0.25) is 5.02 Å². The van der Waals surface area contributed by atoms with E-state index in [4.69, 9.17) is 11.6 Å². The van der Waals surface area contributed by atoms with E-state index in [1.165, 1.54) is 0 Å². The fraction of sp³-hybridized carbons (Fsp3) is 0.417. The molecule has 2 heterocycles. The second kappa shape index (κ2) is 6.41. The van der Waals surface area contributed by atoms with Gasteiger partial charge in [-0.3, -0.25) is 14.2 Å². The summed E-state index contributed by atoms with van der Waals surface area (Å²) in [5.74, 6) is 0.0360. The molecule has 0 aliphatic heterocycles. The van der Waals surface area contributed by atoms with Crippen molar-refractivity contribution in [2.75, 3.05) is 7.05 Å².